The van der Waals surface area contributed by atoms with Gasteiger partial charge in [0.2, 0.25) is 0 Å². The molecule has 1 aliphatic rings. The first-order chi connectivity index (χ1) is 13.3. The lowest BCUT2D eigenvalue weighted by atomic mass is 9.95. The van der Waals surface area contributed by atoms with E-state index in [2.05, 4.69) is 13.8 Å². The van der Waals surface area contributed by atoms with E-state index >= 15 is 0 Å². The van der Waals surface area contributed by atoms with E-state index in [4.69, 9.17) is 4.74 Å². The molecule has 28 heavy (non-hydrogen) atoms. The molecule has 5 nitrogen and oxygen atoms in total. The molecule has 0 spiro atoms. The fraction of sp³-hybridized carbons (Fsp3) is 0.304. The molecule has 0 aliphatic carbocycles. The first-order valence-corrected chi connectivity index (χ1v) is 9.34. The first kappa shape index (κ1) is 19.7. The number of carbonyl (C=O) groups excluding carboxylic acids is 2. The number of ether oxygens (including phenoxy) is 1. The summed E-state index contributed by atoms with van der Waals surface area (Å²) < 4.78 is 5.66. The number of likely N-dealkylation sites (N-methyl/N-ethyl adjacent to an activating group) is 1. The van der Waals surface area contributed by atoms with Crippen LogP contribution < -0.4 is 4.74 Å². The Morgan fingerprint density at radius 3 is 2.25 bits per heavy atom. The molecule has 0 bridgehead atoms. The Morgan fingerprint density at radius 2 is 1.68 bits per heavy atom. The molecule has 146 valence electrons. The van der Waals surface area contributed by atoms with Crippen molar-refractivity contribution < 1.29 is 19.4 Å². The van der Waals surface area contributed by atoms with Crippen LogP contribution in [0.3, 0.4) is 0 Å². The molecular weight excluding hydrogens is 354 g/mol. The number of Topliss-reactive ketones (excluding diaryl/α,β-unsaturated/α-hetero) is 1. The summed E-state index contributed by atoms with van der Waals surface area (Å²) in [6, 6.07) is 13.9. The second-order valence-electron chi connectivity index (χ2n) is 7.55. The molecular formula is C23H25NO4. The third-order valence-electron chi connectivity index (χ3n) is 4.78. The number of likely N-dealkylation sites (tertiary alicyclic amines) is 1. The van der Waals surface area contributed by atoms with Crippen LogP contribution in [0.1, 0.15) is 36.6 Å². The summed E-state index contributed by atoms with van der Waals surface area (Å²) in [4.78, 5) is 26.3. The molecule has 1 aliphatic heterocycles. The van der Waals surface area contributed by atoms with Crippen molar-refractivity contribution in [1.82, 2.24) is 4.90 Å². The molecule has 5 heteroatoms. The highest BCUT2D eigenvalue weighted by atomic mass is 16.5. The Morgan fingerprint density at radius 1 is 1.07 bits per heavy atom. The SMILES string of the molecule is Cc1ccc([C@H]2C(=C(O)c3ccc(OCC(C)C)cc3)C(=O)C(=O)N2C)cc1. The Kier molecular flexibility index (Phi) is 5.54. The van der Waals surface area contributed by atoms with Crippen LogP contribution in [0.4, 0.5) is 0 Å². The highest BCUT2D eigenvalue weighted by molar-refractivity contribution is 6.46. The molecule has 1 fully saturated rings. The Hall–Kier alpha value is -3.08. The topological polar surface area (TPSA) is 66.8 Å². The van der Waals surface area contributed by atoms with E-state index in [-0.39, 0.29) is 11.3 Å². The lowest BCUT2D eigenvalue weighted by Gasteiger charge is -2.21. The van der Waals surface area contributed by atoms with Crippen LogP contribution in [0.15, 0.2) is 54.1 Å². The zero-order valence-electron chi connectivity index (χ0n) is 16.6. The number of nitrogens with zero attached hydrogens (tertiary/aromatic N) is 1. The number of hydrogen-bond acceptors (Lipinski definition) is 4. The van der Waals surface area contributed by atoms with Gasteiger partial charge in [-0.05, 0) is 42.7 Å². The highest BCUT2D eigenvalue weighted by Gasteiger charge is 2.44. The summed E-state index contributed by atoms with van der Waals surface area (Å²) in [6.45, 7) is 6.69. The molecule has 1 amide bonds. The van der Waals surface area contributed by atoms with Gasteiger partial charge in [-0.2, -0.15) is 0 Å². The van der Waals surface area contributed by atoms with Gasteiger partial charge in [0.25, 0.3) is 11.7 Å². The van der Waals surface area contributed by atoms with Gasteiger partial charge in [-0.3, -0.25) is 9.59 Å². The van der Waals surface area contributed by atoms with Crippen molar-refractivity contribution in [3.8, 4) is 5.75 Å². The normalized spacial score (nSPS) is 18.8. The van der Waals surface area contributed by atoms with Crippen LogP contribution in [0.5, 0.6) is 5.75 Å². The molecule has 1 saturated heterocycles. The van der Waals surface area contributed by atoms with Crippen LogP contribution in [-0.4, -0.2) is 35.4 Å². The number of ketones is 1. The van der Waals surface area contributed by atoms with Crippen molar-refractivity contribution in [3.63, 3.8) is 0 Å². The predicted molar refractivity (Wildman–Crippen MR) is 108 cm³/mol. The molecule has 3 rings (SSSR count). The Labute approximate surface area is 165 Å². The second kappa shape index (κ2) is 7.89. The van der Waals surface area contributed by atoms with Crippen molar-refractivity contribution in [3.05, 3.63) is 70.8 Å². The van der Waals surface area contributed by atoms with E-state index in [1.54, 1.807) is 31.3 Å². The van der Waals surface area contributed by atoms with Gasteiger partial charge in [0.15, 0.2) is 0 Å². The van der Waals surface area contributed by atoms with Gasteiger partial charge in [0, 0.05) is 12.6 Å². The van der Waals surface area contributed by atoms with Crippen LogP contribution in [0.2, 0.25) is 0 Å². The number of carbonyl (C=O) groups is 2. The molecule has 1 heterocycles. The van der Waals surface area contributed by atoms with Gasteiger partial charge in [-0.1, -0.05) is 43.7 Å². The number of rotatable bonds is 5. The third kappa shape index (κ3) is 3.79. The van der Waals surface area contributed by atoms with Crippen LogP contribution >= 0.6 is 0 Å². The molecule has 2 aromatic carbocycles. The zero-order chi connectivity index (χ0) is 20.4. The second-order valence-corrected chi connectivity index (χ2v) is 7.55. The third-order valence-corrected chi connectivity index (χ3v) is 4.78. The maximum Gasteiger partial charge on any atom is 0.295 e. The molecule has 2 aromatic rings. The molecule has 0 aromatic heterocycles. The van der Waals surface area contributed by atoms with E-state index < -0.39 is 17.7 Å². The van der Waals surface area contributed by atoms with E-state index in [9.17, 15) is 14.7 Å². The standard InChI is InChI=1S/C23H25NO4/c1-14(2)13-28-18-11-9-17(10-12-18)21(25)19-20(24(4)23(27)22(19)26)16-7-5-15(3)6-8-16/h5-12,14,20,25H,13H2,1-4H3/t20-/m0/s1. The fourth-order valence-corrected chi connectivity index (χ4v) is 3.21. The monoisotopic (exact) mass is 379 g/mol. The molecule has 0 saturated carbocycles. The minimum absolute atomic E-state index is 0.104. The van der Waals surface area contributed by atoms with Gasteiger partial charge in [0.1, 0.15) is 11.5 Å². The largest absolute Gasteiger partial charge is 0.507 e. The number of aliphatic hydroxyl groups excluding tert-OH is 1. The van der Waals surface area contributed by atoms with Gasteiger partial charge in [-0.15, -0.1) is 0 Å². The van der Waals surface area contributed by atoms with Crippen LogP contribution in [0.25, 0.3) is 5.76 Å². The van der Waals surface area contributed by atoms with Gasteiger partial charge < -0.3 is 14.7 Å². The lowest BCUT2D eigenvalue weighted by molar-refractivity contribution is -0.139. The molecule has 1 N–H and O–H groups in total. The summed E-state index contributed by atoms with van der Waals surface area (Å²) in [5, 5.41) is 10.9. The summed E-state index contributed by atoms with van der Waals surface area (Å²) in [5.41, 5.74) is 2.44. The predicted octanol–water partition coefficient (Wildman–Crippen LogP) is 4.08. The minimum atomic E-state index is -0.675. The molecule has 0 unspecified atom stereocenters. The summed E-state index contributed by atoms with van der Waals surface area (Å²) in [6.07, 6.45) is 0. The fourth-order valence-electron chi connectivity index (χ4n) is 3.21. The van der Waals surface area contributed by atoms with Crippen molar-refractivity contribution in [1.29, 1.82) is 0 Å². The van der Waals surface area contributed by atoms with Gasteiger partial charge in [0.05, 0.1) is 18.2 Å². The van der Waals surface area contributed by atoms with E-state index in [0.29, 0.717) is 23.8 Å². The average Bonchev–Trinajstić information content (AvgIpc) is 2.91. The van der Waals surface area contributed by atoms with Crippen molar-refractivity contribution >= 4 is 17.4 Å². The number of hydrogen-bond donors (Lipinski definition) is 1. The lowest BCUT2D eigenvalue weighted by Crippen LogP contribution is -2.24. The smallest absolute Gasteiger partial charge is 0.295 e. The van der Waals surface area contributed by atoms with Crippen molar-refractivity contribution in [2.45, 2.75) is 26.8 Å². The summed E-state index contributed by atoms with van der Waals surface area (Å²) in [7, 11) is 1.58. The van der Waals surface area contributed by atoms with E-state index in [0.717, 1.165) is 11.1 Å². The summed E-state index contributed by atoms with van der Waals surface area (Å²) in [5.74, 6) is -0.377. The quantitative estimate of drug-likeness (QED) is 0.483. The van der Waals surface area contributed by atoms with Gasteiger partial charge >= 0.3 is 0 Å². The Balaban J connectivity index is 1.99. The van der Waals surface area contributed by atoms with E-state index in [1.165, 1.54) is 4.90 Å². The number of benzene rings is 2. The van der Waals surface area contributed by atoms with Crippen LogP contribution in [0, 0.1) is 12.8 Å². The van der Waals surface area contributed by atoms with Gasteiger partial charge in [-0.25, -0.2) is 0 Å². The molecule has 0 radical (unpaired) electrons. The van der Waals surface area contributed by atoms with Crippen LogP contribution in [-0.2, 0) is 9.59 Å². The first-order valence-electron chi connectivity index (χ1n) is 9.34. The number of amides is 1. The summed E-state index contributed by atoms with van der Waals surface area (Å²) >= 11 is 0. The Bertz CT molecular complexity index is 911. The zero-order valence-corrected chi connectivity index (χ0v) is 16.6. The highest BCUT2D eigenvalue weighted by Crippen LogP contribution is 2.38. The maximum atomic E-state index is 12.6. The molecule has 1 atom stereocenters. The number of aryl methyl sites for hydroxylation is 1. The van der Waals surface area contributed by atoms with Crippen molar-refractivity contribution in [2.75, 3.05) is 13.7 Å². The average molecular weight is 379 g/mol. The minimum Gasteiger partial charge on any atom is -0.507 e. The van der Waals surface area contributed by atoms with E-state index in [1.807, 2.05) is 31.2 Å². The number of aliphatic hydroxyl groups is 1. The maximum absolute atomic E-state index is 12.6. The van der Waals surface area contributed by atoms with Crippen molar-refractivity contribution in [2.24, 2.45) is 5.92 Å².